The Balaban J connectivity index is 3.31. The van der Waals surface area contributed by atoms with E-state index in [0.717, 1.165) is 44.9 Å². The summed E-state index contributed by atoms with van der Waals surface area (Å²) in [7, 11) is 0. The van der Waals surface area contributed by atoms with Crippen molar-refractivity contribution in [2.45, 2.75) is 443 Å². The maximum Gasteiger partial charge on any atom is 0.305 e. The first-order valence-corrected chi connectivity index (χ1v) is 37.4. The number of hydrogen-bond acceptors (Lipinski definition) is 5. The van der Waals surface area contributed by atoms with E-state index in [1.807, 2.05) is 0 Å². The number of unbranched alkanes of at least 4 members (excludes halogenated alkanes) is 58. The monoisotopic (exact) mass is 1140 g/mol. The van der Waals surface area contributed by atoms with Gasteiger partial charge in [0.2, 0.25) is 5.91 Å². The summed E-state index contributed by atoms with van der Waals surface area (Å²) in [5, 5.41) is 23.4. The van der Waals surface area contributed by atoms with Gasteiger partial charge in [-0.3, -0.25) is 9.59 Å². The normalized spacial score (nSPS) is 12.5. The Kier molecular flexibility index (Phi) is 69.9. The Morgan fingerprint density at radius 3 is 0.877 bits per heavy atom. The highest BCUT2D eigenvalue weighted by Crippen LogP contribution is 2.20. The molecule has 0 saturated carbocycles. The number of esters is 1. The molecule has 0 rings (SSSR count). The van der Waals surface area contributed by atoms with Crippen LogP contribution in [0.15, 0.2) is 12.2 Å². The summed E-state index contributed by atoms with van der Waals surface area (Å²) in [6.45, 7) is 4.99. The fourth-order valence-corrected chi connectivity index (χ4v) is 12.1. The molecule has 2 atom stereocenters. The van der Waals surface area contributed by atoms with Crippen LogP contribution in [0.5, 0.6) is 0 Å². The summed E-state index contributed by atoms with van der Waals surface area (Å²) in [5.74, 6) is -0.0116. The first kappa shape index (κ1) is 79.6. The lowest BCUT2D eigenvalue weighted by Gasteiger charge is -2.22. The molecule has 2 unspecified atom stereocenters. The van der Waals surface area contributed by atoms with Gasteiger partial charge in [-0.25, -0.2) is 0 Å². The molecule has 0 fully saturated rings. The van der Waals surface area contributed by atoms with E-state index in [0.29, 0.717) is 25.9 Å². The molecule has 1 amide bonds. The third-order valence-electron chi connectivity index (χ3n) is 17.8. The second kappa shape index (κ2) is 71.1. The highest BCUT2D eigenvalue weighted by atomic mass is 16.5. The van der Waals surface area contributed by atoms with Crippen LogP contribution in [0.2, 0.25) is 0 Å². The number of amides is 1. The highest BCUT2D eigenvalue weighted by molar-refractivity contribution is 5.76. The van der Waals surface area contributed by atoms with Gasteiger partial charge in [0.05, 0.1) is 25.4 Å². The first-order chi connectivity index (χ1) is 40.0. The predicted octanol–water partition coefficient (Wildman–Crippen LogP) is 24.3. The van der Waals surface area contributed by atoms with Gasteiger partial charge < -0.3 is 20.3 Å². The molecule has 0 aromatic carbocycles. The number of rotatable bonds is 71. The smallest absolute Gasteiger partial charge is 0.305 e. The van der Waals surface area contributed by atoms with Gasteiger partial charge in [-0.15, -0.1) is 0 Å². The number of ether oxygens (including phenoxy) is 1. The third kappa shape index (κ3) is 67.6. The fraction of sp³-hybridized carbons (Fsp3) is 0.947. The minimum absolute atomic E-state index is 0.0149. The predicted molar refractivity (Wildman–Crippen MR) is 357 cm³/mol. The molecule has 0 radical (unpaired) electrons. The van der Waals surface area contributed by atoms with Gasteiger partial charge in [-0.1, -0.05) is 379 Å². The van der Waals surface area contributed by atoms with Gasteiger partial charge in [0.15, 0.2) is 0 Å². The Morgan fingerprint density at radius 1 is 0.333 bits per heavy atom. The molecule has 0 spiro atoms. The standard InChI is InChI=1S/C75H147NO5/c1-3-5-7-9-11-13-15-17-19-39-43-47-51-55-59-63-67-73(78)72(71-77)76-74(79)68-64-60-56-52-48-44-40-37-35-33-31-29-27-25-23-21-22-24-26-28-30-32-34-36-38-42-46-50-54-58-62-66-70-81-75(80)69-65-61-57-53-49-45-41-20-18-16-14-12-10-8-6-4-2/h20,41,72-73,77-78H,3-19,21-40,42-71H2,1-2H3,(H,76,79)/b41-20-. The van der Waals surface area contributed by atoms with E-state index in [9.17, 15) is 19.8 Å². The van der Waals surface area contributed by atoms with Crippen molar-refractivity contribution in [2.75, 3.05) is 13.2 Å². The summed E-state index contributed by atoms with van der Waals surface area (Å²) in [5.41, 5.74) is 0. The molecular formula is C75H147NO5. The molecule has 0 aromatic heterocycles. The Labute approximate surface area is 508 Å². The number of hydrogen-bond donors (Lipinski definition) is 3. The molecule has 0 heterocycles. The number of carbonyl (C=O) groups excluding carboxylic acids is 2. The van der Waals surface area contributed by atoms with E-state index in [4.69, 9.17) is 4.74 Å². The zero-order valence-corrected chi connectivity index (χ0v) is 55.3. The molecule has 0 aliphatic heterocycles. The maximum absolute atomic E-state index is 12.5. The Morgan fingerprint density at radius 2 is 0.580 bits per heavy atom. The van der Waals surface area contributed by atoms with E-state index in [-0.39, 0.29) is 18.5 Å². The average Bonchev–Trinajstić information content (AvgIpc) is 3.47. The first-order valence-electron chi connectivity index (χ1n) is 37.4. The maximum atomic E-state index is 12.5. The number of nitrogens with one attached hydrogen (secondary N) is 1. The van der Waals surface area contributed by atoms with Gasteiger partial charge in [0.25, 0.3) is 0 Å². The van der Waals surface area contributed by atoms with Gasteiger partial charge >= 0.3 is 5.97 Å². The number of aliphatic hydroxyl groups excluding tert-OH is 2. The van der Waals surface area contributed by atoms with Crippen LogP contribution in [0.3, 0.4) is 0 Å². The quantitative estimate of drug-likeness (QED) is 0.0320. The van der Waals surface area contributed by atoms with Crippen LogP contribution in [0.25, 0.3) is 0 Å². The van der Waals surface area contributed by atoms with Crippen molar-refractivity contribution in [3.05, 3.63) is 12.2 Å². The lowest BCUT2D eigenvalue weighted by molar-refractivity contribution is -0.143. The summed E-state index contributed by atoms with van der Waals surface area (Å²) in [4.78, 5) is 24.6. The SMILES string of the molecule is CCCCCCCCC/C=C\CCCCCCCC(=O)OCCCCCCCCCCCCCCCCCCCCCCCCCCCCCCCCCCC(=O)NC(CO)C(O)CCCCCCCCCCCCCCCCCC. The van der Waals surface area contributed by atoms with E-state index in [1.54, 1.807) is 0 Å². The van der Waals surface area contributed by atoms with Gasteiger partial charge in [0.1, 0.15) is 0 Å². The van der Waals surface area contributed by atoms with E-state index >= 15 is 0 Å². The molecule has 482 valence electrons. The van der Waals surface area contributed by atoms with Crippen molar-refractivity contribution in [2.24, 2.45) is 0 Å². The highest BCUT2D eigenvalue weighted by Gasteiger charge is 2.20. The van der Waals surface area contributed by atoms with Gasteiger partial charge in [0, 0.05) is 12.8 Å². The topological polar surface area (TPSA) is 95.9 Å². The van der Waals surface area contributed by atoms with Gasteiger partial charge in [-0.05, 0) is 51.4 Å². The summed E-state index contributed by atoms with van der Waals surface area (Å²) in [6.07, 6.45) is 88.6. The van der Waals surface area contributed by atoms with Crippen LogP contribution >= 0.6 is 0 Å². The fourth-order valence-electron chi connectivity index (χ4n) is 12.1. The Bertz CT molecular complexity index is 1220. The van der Waals surface area contributed by atoms with Gasteiger partial charge in [-0.2, -0.15) is 0 Å². The van der Waals surface area contributed by atoms with Crippen molar-refractivity contribution in [3.63, 3.8) is 0 Å². The Hall–Kier alpha value is -1.40. The molecule has 6 heteroatoms. The van der Waals surface area contributed by atoms with Crippen LogP contribution in [0.1, 0.15) is 431 Å². The minimum Gasteiger partial charge on any atom is -0.466 e. The molecule has 0 saturated heterocycles. The minimum atomic E-state index is -0.660. The molecule has 0 bridgehead atoms. The molecular weight excluding hydrogens is 995 g/mol. The average molecular weight is 1140 g/mol. The zero-order chi connectivity index (χ0) is 58.5. The van der Waals surface area contributed by atoms with Crippen LogP contribution in [-0.2, 0) is 14.3 Å². The van der Waals surface area contributed by atoms with E-state index in [1.165, 1.54) is 353 Å². The van der Waals surface area contributed by atoms with Crippen molar-refractivity contribution in [1.82, 2.24) is 5.32 Å². The molecule has 0 aromatic rings. The number of allylic oxidation sites excluding steroid dienone is 2. The van der Waals surface area contributed by atoms with Crippen LogP contribution in [0, 0.1) is 0 Å². The van der Waals surface area contributed by atoms with Crippen molar-refractivity contribution >= 4 is 11.9 Å². The summed E-state index contributed by atoms with van der Waals surface area (Å²) >= 11 is 0. The number of aliphatic hydroxyl groups is 2. The van der Waals surface area contributed by atoms with Crippen LogP contribution in [-0.4, -0.2) is 47.4 Å². The van der Waals surface area contributed by atoms with Crippen molar-refractivity contribution < 1.29 is 24.5 Å². The van der Waals surface area contributed by atoms with Crippen LogP contribution < -0.4 is 5.32 Å². The molecule has 0 aliphatic rings. The van der Waals surface area contributed by atoms with Crippen molar-refractivity contribution in [3.8, 4) is 0 Å². The van der Waals surface area contributed by atoms with Crippen molar-refractivity contribution in [1.29, 1.82) is 0 Å². The molecule has 0 aliphatic carbocycles. The summed E-state index contributed by atoms with van der Waals surface area (Å²) in [6, 6.07) is -0.537. The lowest BCUT2D eigenvalue weighted by atomic mass is 10.0. The van der Waals surface area contributed by atoms with E-state index < -0.39 is 12.1 Å². The molecule has 6 nitrogen and oxygen atoms in total. The lowest BCUT2D eigenvalue weighted by Crippen LogP contribution is -2.45. The second-order valence-corrected chi connectivity index (χ2v) is 26.0. The second-order valence-electron chi connectivity index (χ2n) is 26.0. The summed E-state index contributed by atoms with van der Waals surface area (Å²) < 4.78 is 5.50. The largest absolute Gasteiger partial charge is 0.466 e. The molecule has 3 N–H and O–H groups in total. The zero-order valence-electron chi connectivity index (χ0n) is 55.3. The number of carbonyl (C=O) groups is 2. The van der Waals surface area contributed by atoms with E-state index in [2.05, 4.69) is 31.3 Å². The molecule has 81 heavy (non-hydrogen) atoms. The third-order valence-corrected chi connectivity index (χ3v) is 17.8. The van der Waals surface area contributed by atoms with Crippen LogP contribution in [0.4, 0.5) is 0 Å².